The zero-order valence-electron chi connectivity index (χ0n) is 7.66. The van der Waals surface area contributed by atoms with Crippen molar-refractivity contribution in [3.05, 3.63) is 46.5 Å². The zero-order chi connectivity index (χ0) is 10.7. The van der Waals surface area contributed by atoms with Gasteiger partial charge in [0.25, 0.3) is 0 Å². The highest BCUT2D eigenvalue weighted by atomic mass is 16.1. The van der Waals surface area contributed by atoms with Crippen molar-refractivity contribution in [3.63, 3.8) is 0 Å². The van der Waals surface area contributed by atoms with Gasteiger partial charge in [-0.1, -0.05) is 17.2 Å². The van der Waals surface area contributed by atoms with Crippen LogP contribution in [0, 0.1) is 0 Å². The first-order chi connectivity index (χ1) is 7.33. The first-order valence-corrected chi connectivity index (χ1v) is 4.23. The normalized spacial score (nSPS) is 9.60. The third-order valence-electron chi connectivity index (χ3n) is 1.99. The molecule has 0 saturated carbocycles. The number of carbonyl (C=O) groups is 1. The maximum atomic E-state index is 10.5. The van der Waals surface area contributed by atoms with Crippen molar-refractivity contribution in [1.82, 2.24) is 4.98 Å². The Hall–Kier alpha value is -2.39. The SMILES string of the molecule is [N-]=[N+]=Nc1ccc2cc(C=O)cnc2c1. The van der Waals surface area contributed by atoms with Crippen LogP contribution < -0.4 is 0 Å². The van der Waals surface area contributed by atoms with Crippen molar-refractivity contribution in [3.8, 4) is 0 Å². The van der Waals surface area contributed by atoms with E-state index in [4.69, 9.17) is 5.53 Å². The smallest absolute Gasteiger partial charge is 0.151 e. The summed E-state index contributed by atoms with van der Waals surface area (Å²) in [5.74, 6) is 0. The lowest BCUT2D eigenvalue weighted by atomic mass is 10.1. The molecule has 0 N–H and O–H groups in total. The Morgan fingerprint density at radius 1 is 1.40 bits per heavy atom. The van der Waals surface area contributed by atoms with Gasteiger partial charge in [-0.2, -0.15) is 0 Å². The molecule has 5 nitrogen and oxygen atoms in total. The molecule has 1 aromatic heterocycles. The van der Waals surface area contributed by atoms with Crippen molar-refractivity contribution in [2.24, 2.45) is 5.11 Å². The van der Waals surface area contributed by atoms with Crippen molar-refractivity contribution in [2.45, 2.75) is 0 Å². The van der Waals surface area contributed by atoms with Crippen molar-refractivity contribution in [1.29, 1.82) is 0 Å². The van der Waals surface area contributed by atoms with E-state index in [0.29, 0.717) is 16.8 Å². The molecule has 5 heteroatoms. The number of rotatable bonds is 2. The summed E-state index contributed by atoms with van der Waals surface area (Å²) in [5.41, 5.74) is 10.0. The van der Waals surface area contributed by atoms with Crippen LogP contribution in [-0.4, -0.2) is 11.3 Å². The van der Waals surface area contributed by atoms with Gasteiger partial charge < -0.3 is 0 Å². The number of hydrogen-bond donors (Lipinski definition) is 0. The maximum absolute atomic E-state index is 10.5. The fourth-order valence-electron chi connectivity index (χ4n) is 1.31. The summed E-state index contributed by atoms with van der Waals surface area (Å²) in [5, 5.41) is 4.31. The zero-order valence-corrected chi connectivity index (χ0v) is 7.66. The van der Waals surface area contributed by atoms with E-state index in [1.165, 1.54) is 6.20 Å². The number of nitrogens with zero attached hydrogens (tertiary/aromatic N) is 4. The van der Waals surface area contributed by atoms with Gasteiger partial charge in [-0.3, -0.25) is 9.78 Å². The fraction of sp³-hybridized carbons (Fsp3) is 0. The molecule has 2 aromatic rings. The highest BCUT2D eigenvalue weighted by molar-refractivity contribution is 5.87. The summed E-state index contributed by atoms with van der Waals surface area (Å²) < 4.78 is 0. The number of azide groups is 1. The highest BCUT2D eigenvalue weighted by Gasteiger charge is 1.97. The predicted octanol–water partition coefficient (Wildman–Crippen LogP) is 2.99. The average molecular weight is 198 g/mol. The number of hydrogen-bond acceptors (Lipinski definition) is 3. The lowest BCUT2D eigenvalue weighted by Gasteiger charge is -1.98. The van der Waals surface area contributed by atoms with Gasteiger partial charge in [0.05, 0.1) is 5.52 Å². The molecule has 1 heterocycles. The molecule has 0 fully saturated rings. The first kappa shape index (κ1) is 9.18. The number of pyridine rings is 1. The Morgan fingerprint density at radius 2 is 2.27 bits per heavy atom. The fourth-order valence-corrected chi connectivity index (χ4v) is 1.31. The van der Waals surface area contributed by atoms with Crippen molar-refractivity contribution in [2.75, 3.05) is 0 Å². The molecule has 0 spiro atoms. The van der Waals surface area contributed by atoms with E-state index in [1.54, 1.807) is 24.3 Å². The van der Waals surface area contributed by atoms with E-state index in [9.17, 15) is 4.79 Å². The molecule has 0 aliphatic carbocycles. The standard InChI is InChI=1S/C10H6N4O/c11-14-13-9-2-1-8-3-7(6-15)5-12-10(8)4-9/h1-6H. The summed E-state index contributed by atoms with van der Waals surface area (Å²) in [4.78, 5) is 17.3. The highest BCUT2D eigenvalue weighted by Crippen LogP contribution is 2.20. The molecule has 0 atom stereocenters. The minimum atomic E-state index is 0.511. The molecule has 0 radical (unpaired) electrons. The molecule has 72 valence electrons. The number of fused-ring (bicyclic) bond motifs is 1. The largest absolute Gasteiger partial charge is 0.298 e. The van der Waals surface area contributed by atoms with Crippen LogP contribution in [0.25, 0.3) is 21.3 Å². The molecule has 0 aliphatic heterocycles. The monoisotopic (exact) mass is 198 g/mol. The number of aldehydes is 1. The van der Waals surface area contributed by atoms with Crippen LogP contribution in [0.4, 0.5) is 5.69 Å². The molecule has 15 heavy (non-hydrogen) atoms. The van der Waals surface area contributed by atoms with Gasteiger partial charge in [0.15, 0.2) is 6.29 Å². The molecule has 2 rings (SSSR count). The van der Waals surface area contributed by atoms with E-state index in [2.05, 4.69) is 15.0 Å². The van der Waals surface area contributed by atoms with Gasteiger partial charge in [-0.25, -0.2) is 0 Å². The minimum Gasteiger partial charge on any atom is -0.298 e. The van der Waals surface area contributed by atoms with Crippen LogP contribution in [0.15, 0.2) is 35.6 Å². The third kappa shape index (κ3) is 1.77. The summed E-state index contributed by atoms with van der Waals surface area (Å²) in [7, 11) is 0. The van der Waals surface area contributed by atoms with Crippen LogP contribution in [0.5, 0.6) is 0 Å². The Bertz CT molecular complexity index is 573. The summed E-state index contributed by atoms with van der Waals surface area (Å²) in [6, 6.07) is 6.84. The number of aromatic nitrogens is 1. The van der Waals surface area contributed by atoms with Crippen LogP contribution >= 0.6 is 0 Å². The second-order valence-electron chi connectivity index (χ2n) is 2.95. The first-order valence-electron chi connectivity index (χ1n) is 4.23. The quantitative estimate of drug-likeness (QED) is 0.322. The van der Waals surface area contributed by atoms with Gasteiger partial charge in [-0.15, -0.1) is 0 Å². The topological polar surface area (TPSA) is 78.7 Å². The van der Waals surface area contributed by atoms with Crippen LogP contribution in [-0.2, 0) is 0 Å². The van der Waals surface area contributed by atoms with Gasteiger partial charge in [0, 0.05) is 27.7 Å². The summed E-state index contributed by atoms with van der Waals surface area (Å²) >= 11 is 0. The van der Waals surface area contributed by atoms with Crippen LogP contribution in [0.3, 0.4) is 0 Å². The molecular weight excluding hydrogens is 192 g/mol. The second kappa shape index (κ2) is 3.77. The van der Waals surface area contributed by atoms with Gasteiger partial charge >= 0.3 is 0 Å². The van der Waals surface area contributed by atoms with Crippen LogP contribution in [0.2, 0.25) is 0 Å². The number of benzene rings is 1. The Labute approximate surface area is 85.0 Å². The van der Waals surface area contributed by atoms with E-state index >= 15 is 0 Å². The molecule has 0 bridgehead atoms. The van der Waals surface area contributed by atoms with E-state index in [0.717, 1.165) is 11.7 Å². The van der Waals surface area contributed by atoms with E-state index in [1.807, 2.05) is 0 Å². The Morgan fingerprint density at radius 3 is 3.00 bits per heavy atom. The van der Waals surface area contributed by atoms with Crippen LogP contribution in [0.1, 0.15) is 10.4 Å². The van der Waals surface area contributed by atoms with E-state index < -0.39 is 0 Å². The van der Waals surface area contributed by atoms with Gasteiger partial charge in [0.1, 0.15) is 0 Å². The third-order valence-corrected chi connectivity index (χ3v) is 1.99. The molecule has 0 amide bonds. The molecule has 1 aromatic carbocycles. The summed E-state index contributed by atoms with van der Waals surface area (Å²) in [6.45, 7) is 0. The Kier molecular flexibility index (Phi) is 2.31. The molecule has 0 aliphatic rings. The molecule has 0 saturated heterocycles. The lowest BCUT2D eigenvalue weighted by Crippen LogP contribution is -1.83. The maximum Gasteiger partial charge on any atom is 0.151 e. The summed E-state index contributed by atoms with van der Waals surface area (Å²) in [6.07, 6.45) is 2.23. The average Bonchev–Trinajstić information content (AvgIpc) is 2.29. The van der Waals surface area contributed by atoms with Crippen molar-refractivity contribution >= 4 is 22.9 Å². The molecular formula is C10H6N4O. The lowest BCUT2D eigenvalue weighted by molar-refractivity contribution is 0.112. The van der Waals surface area contributed by atoms with E-state index in [-0.39, 0.29) is 0 Å². The molecule has 0 unspecified atom stereocenters. The predicted molar refractivity (Wildman–Crippen MR) is 55.9 cm³/mol. The number of carbonyl (C=O) groups excluding carboxylic acids is 1. The second-order valence-corrected chi connectivity index (χ2v) is 2.95. The minimum absolute atomic E-state index is 0.511. The van der Waals surface area contributed by atoms with Gasteiger partial charge in [0.2, 0.25) is 0 Å². The van der Waals surface area contributed by atoms with Gasteiger partial charge in [-0.05, 0) is 17.7 Å². The van der Waals surface area contributed by atoms with Crippen molar-refractivity contribution < 1.29 is 4.79 Å². The Balaban J connectivity index is 2.64.